The van der Waals surface area contributed by atoms with Crippen LogP contribution in [0.1, 0.15) is 11.3 Å². The van der Waals surface area contributed by atoms with Crippen LogP contribution in [0.3, 0.4) is 0 Å². The van der Waals surface area contributed by atoms with Crippen LogP contribution in [-0.4, -0.2) is 16.0 Å². The predicted octanol–water partition coefficient (Wildman–Crippen LogP) is 2.07. The zero-order chi connectivity index (χ0) is 14.5. The van der Waals surface area contributed by atoms with Crippen molar-refractivity contribution in [2.75, 3.05) is 5.32 Å². The van der Waals surface area contributed by atoms with Gasteiger partial charge in [0.2, 0.25) is 0 Å². The number of oxime groups is 1. The molecule has 0 amide bonds. The first-order valence-corrected chi connectivity index (χ1v) is 5.72. The van der Waals surface area contributed by atoms with Gasteiger partial charge in [0.05, 0.1) is 0 Å². The van der Waals surface area contributed by atoms with Crippen LogP contribution in [-0.2, 0) is 6.54 Å². The topological polar surface area (TPSA) is 83.5 Å². The standard InChI is InChI=1S/C13H12F2N4O/c14-10-2-1-9(6-11(10)15)18-7-8-3-4-17-12(5-8)13(16)19-20/h1-6,18,20H,7H2,(H2,16,19). The number of nitrogens with one attached hydrogen (secondary N) is 1. The molecule has 2 rings (SSSR count). The number of aromatic nitrogens is 1. The Kier molecular flexibility index (Phi) is 4.09. The van der Waals surface area contributed by atoms with Crippen LogP contribution in [0.5, 0.6) is 0 Å². The Morgan fingerprint density at radius 3 is 2.75 bits per heavy atom. The normalized spacial score (nSPS) is 11.4. The first-order valence-electron chi connectivity index (χ1n) is 5.72. The van der Waals surface area contributed by atoms with E-state index in [0.29, 0.717) is 17.9 Å². The fourth-order valence-corrected chi connectivity index (χ4v) is 1.59. The van der Waals surface area contributed by atoms with Crippen molar-refractivity contribution >= 4 is 11.5 Å². The molecule has 0 aliphatic heterocycles. The summed E-state index contributed by atoms with van der Waals surface area (Å²) in [5.41, 5.74) is 7.01. The highest BCUT2D eigenvalue weighted by molar-refractivity contribution is 5.95. The lowest BCUT2D eigenvalue weighted by Crippen LogP contribution is -2.15. The zero-order valence-electron chi connectivity index (χ0n) is 10.3. The summed E-state index contributed by atoms with van der Waals surface area (Å²) in [6, 6.07) is 6.90. The number of hydrogen-bond donors (Lipinski definition) is 3. The lowest BCUT2D eigenvalue weighted by Gasteiger charge is -2.07. The van der Waals surface area contributed by atoms with Crippen LogP contribution in [0.2, 0.25) is 0 Å². The van der Waals surface area contributed by atoms with E-state index in [1.165, 1.54) is 12.3 Å². The Morgan fingerprint density at radius 1 is 1.25 bits per heavy atom. The quantitative estimate of drug-likeness (QED) is 0.346. The van der Waals surface area contributed by atoms with Crippen LogP contribution < -0.4 is 11.1 Å². The number of nitrogens with two attached hydrogens (primary N) is 1. The van der Waals surface area contributed by atoms with E-state index in [2.05, 4.69) is 15.5 Å². The summed E-state index contributed by atoms with van der Waals surface area (Å²) < 4.78 is 25.8. The summed E-state index contributed by atoms with van der Waals surface area (Å²) in [6.45, 7) is 0.360. The largest absolute Gasteiger partial charge is 0.409 e. The molecular formula is C13H12F2N4O. The first kappa shape index (κ1) is 13.7. The average molecular weight is 278 g/mol. The SMILES string of the molecule is NC(=NO)c1cc(CNc2ccc(F)c(F)c2)ccn1. The van der Waals surface area contributed by atoms with Gasteiger partial charge in [0.1, 0.15) is 5.69 Å². The van der Waals surface area contributed by atoms with Crippen molar-refractivity contribution in [3.8, 4) is 0 Å². The molecule has 0 fully saturated rings. The average Bonchev–Trinajstić information content (AvgIpc) is 2.48. The molecule has 1 aromatic carbocycles. The molecule has 0 atom stereocenters. The van der Waals surface area contributed by atoms with Gasteiger partial charge in [-0.3, -0.25) is 4.98 Å². The molecule has 0 saturated heterocycles. The summed E-state index contributed by atoms with van der Waals surface area (Å²) in [5, 5.41) is 14.4. The minimum Gasteiger partial charge on any atom is -0.409 e. The summed E-state index contributed by atoms with van der Waals surface area (Å²) in [7, 11) is 0. The van der Waals surface area contributed by atoms with E-state index in [1.807, 2.05) is 0 Å². The number of halogens is 2. The second-order valence-electron chi connectivity index (χ2n) is 4.02. The molecular weight excluding hydrogens is 266 g/mol. The monoisotopic (exact) mass is 278 g/mol. The number of rotatable bonds is 4. The molecule has 0 aliphatic carbocycles. The summed E-state index contributed by atoms with van der Waals surface area (Å²) >= 11 is 0. The van der Waals surface area contributed by atoms with E-state index >= 15 is 0 Å². The summed E-state index contributed by atoms with van der Waals surface area (Å²) in [5.74, 6) is -1.91. The summed E-state index contributed by atoms with van der Waals surface area (Å²) in [6.07, 6.45) is 1.51. The van der Waals surface area contributed by atoms with E-state index in [9.17, 15) is 8.78 Å². The summed E-state index contributed by atoms with van der Waals surface area (Å²) in [4.78, 5) is 3.94. The number of pyridine rings is 1. The first-order chi connectivity index (χ1) is 9.60. The molecule has 1 aromatic heterocycles. The highest BCUT2D eigenvalue weighted by Crippen LogP contribution is 2.14. The van der Waals surface area contributed by atoms with Crippen LogP contribution in [0.25, 0.3) is 0 Å². The maximum atomic E-state index is 13.0. The molecule has 0 unspecified atom stereocenters. The molecule has 0 saturated carbocycles. The van der Waals surface area contributed by atoms with Crippen molar-refractivity contribution in [1.82, 2.24) is 4.98 Å². The third-order valence-electron chi connectivity index (χ3n) is 2.61. The van der Waals surface area contributed by atoms with Crippen molar-refractivity contribution in [1.29, 1.82) is 0 Å². The van der Waals surface area contributed by atoms with Gasteiger partial charge in [-0.15, -0.1) is 0 Å². The van der Waals surface area contributed by atoms with Gasteiger partial charge in [-0.2, -0.15) is 0 Å². The smallest absolute Gasteiger partial charge is 0.188 e. The highest BCUT2D eigenvalue weighted by atomic mass is 19.2. The van der Waals surface area contributed by atoms with Gasteiger partial charge >= 0.3 is 0 Å². The molecule has 0 spiro atoms. The third kappa shape index (κ3) is 3.19. The molecule has 20 heavy (non-hydrogen) atoms. The second-order valence-corrected chi connectivity index (χ2v) is 4.02. The van der Waals surface area contributed by atoms with Crippen molar-refractivity contribution < 1.29 is 14.0 Å². The van der Waals surface area contributed by atoms with E-state index in [0.717, 1.165) is 17.7 Å². The van der Waals surface area contributed by atoms with Crippen LogP contribution in [0, 0.1) is 11.6 Å². The van der Waals surface area contributed by atoms with Gasteiger partial charge in [-0.25, -0.2) is 8.78 Å². The Morgan fingerprint density at radius 2 is 2.05 bits per heavy atom. The lowest BCUT2D eigenvalue weighted by atomic mass is 10.2. The number of nitrogens with zero attached hydrogens (tertiary/aromatic N) is 2. The van der Waals surface area contributed by atoms with E-state index in [4.69, 9.17) is 10.9 Å². The zero-order valence-corrected chi connectivity index (χ0v) is 10.3. The van der Waals surface area contributed by atoms with Crippen molar-refractivity contribution in [3.63, 3.8) is 0 Å². The van der Waals surface area contributed by atoms with Gasteiger partial charge in [0, 0.05) is 24.5 Å². The van der Waals surface area contributed by atoms with Gasteiger partial charge in [-0.1, -0.05) is 5.16 Å². The number of anilines is 1. The molecule has 104 valence electrons. The van der Waals surface area contributed by atoms with Crippen molar-refractivity contribution in [2.24, 2.45) is 10.9 Å². The molecule has 5 nitrogen and oxygen atoms in total. The highest BCUT2D eigenvalue weighted by Gasteiger charge is 2.04. The van der Waals surface area contributed by atoms with E-state index in [1.54, 1.807) is 12.1 Å². The molecule has 2 aromatic rings. The maximum Gasteiger partial charge on any atom is 0.188 e. The van der Waals surface area contributed by atoms with Crippen molar-refractivity contribution in [3.05, 3.63) is 59.4 Å². The Labute approximate surface area is 113 Å². The number of amidine groups is 1. The Hall–Kier alpha value is -2.70. The minimum absolute atomic E-state index is 0.0975. The van der Waals surface area contributed by atoms with Crippen LogP contribution in [0.15, 0.2) is 41.7 Å². The van der Waals surface area contributed by atoms with Crippen LogP contribution in [0.4, 0.5) is 14.5 Å². The fourth-order valence-electron chi connectivity index (χ4n) is 1.59. The van der Waals surface area contributed by atoms with Crippen molar-refractivity contribution in [2.45, 2.75) is 6.54 Å². The van der Waals surface area contributed by atoms with E-state index in [-0.39, 0.29) is 5.84 Å². The van der Waals surface area contributed by atoms with Gasteiger partial charge < -0.3 is 16.3 Å². The maximum absolute atomic E-state index is 13.0. The van der Waals surface area contributed by atoms with E-state index < -0.39 is 11.6 Å². The van der Waals surface area contributed by atoms with Crippen LogP contribution >= 0.6 is 0 Å². The molecule has 0 aliphatic rings. The minimum atomic E-state index is -0.915. The lowest BCUT2D eigenvalue weighted by molar-refractivity contribution is 0.318. The van der Waals surface area contributed by atoms with Gasteiger partial charge in [0.25, 0.3) is 0 Å². The third-order valence-corrected chi connectivity index (χ3v) is 2.61. The Balaban J connectivity index is 2.09. The number of hydrogen-bond acceptors (Lipinski definition) is 4. The molecule has 0 bridgehead atoms. The molecule has 4 N–H and O–H groups in total. The second kappa shape index (κ2) is 5.96. The van der Waals surface area contributed by atoms with Gasteiger partial charge in [0.15, 0.2) is 17.5 Å². The Bertz CT molecular complexity index is 646. The number of benzene rings is 1. The predicted molar refractivity (Wildman–Crippen MR) is 70.4 cm³/mol. The fraction of sp³-hybridized carbons (Fsp3) is 0.0769. The molecule has 1 heterocycles. The molecule has 0 radical (unpaired) electrons. The van der Waals surface area contributed by atoms with Gasteiger partial charge in [-0.05, 0) is 29.8 Å². The molecule has 7 heteroatoms.